The fourth-order valence-electron chi connectivity index (χ4n) is 3.42. The molecule has 0 radical (unpaired) electrons. The topological polar surface area (TPSA) is 26.3 Å². The Balaban J connectivity index is 2.02. The molecule has 0 heterocycles. The van der Waals surface area contributed by atoms with Gasteiger partial charge in [0.15, 0.2) is 0 Å². The summed E-state index contributed by atoms with van der Waals surface area (Å²) >= 11 is 0. The molecular formula is C18H26O2. The van der Waals surface area contributed by atoms with E-state index < -0.39 is 0 Å². The zero-order valence-electron chi connectivity index (χ0n) is 12.5. The lowest BCUT2D eigenvalue weighted by Crippen LogP contribution is -2.18. The molecule has 2 nitrogen and oxygen atoms in total. The van der Waals surface area contributed by atoms with E-state index in [4.69, 9.17) is 4.74 Å². The molecule has 1 saturated carbocycles. The predicted octanol–water partition coefficient (Wildman–Crippen LogP) is 4.69. The molecule has 1 aromatic carbocycles. The third-order valence-corrected chi connectivity index (χ3v) is 4.41. The number of carbonyl (C=O) groups excluding carboxylic acids is 1. The van der Waals surface area contributed by atoms with Gasteiger partial charge in [-0.1, -0.05) is 49.6 Å². The van der Waals surface area contributed by atoms with Crippen molar-refractivity contribution in [1.82, 2.24) is 0 Å². The molecule has 0 aliphatic heterocycles. The van der Waals surface area contributed by atoms with E-state index in [1.807, 2.05) is 6.92 Å². The number of carbonyl (C=O) groups is 1. The maximum atomic E-state index is 11.6. The molecule has 1 fully saturated rings. The van der Waals surface area contributed by atoms with Crippen molar-refractivity contribution < 1.29 is 9.53 Å². The van der Waals surface area contributed by atoms with E-state index in [9.17, 15) is 4.79 Å². The SMILES string of the molecule is CCOC(=O)CC[C@@H](c1ccccc1)C1CCCCC1. The van der Waals surface area contributed by atoms with Crippen LogP contribution >= 0.6 is 0 Å². The Labute approximate surface area is 122 Å². The van der Waals surface area contributed by atoms with Gasteiger partial charge in [0.05, 0.1) is 6.61 Å². The summed E-state index contributed by atoms with van der Waals surface area (Å²) in [5.41, 5.74) is 1.39. The average molecular weight is 274 g/mol. The van der Waals surface area contributed by atoms with Crippen molar-refractivity contribution in [3.05, 3.63) is 35.9 Å². The van der Waals surface area contributed by atoms with Crippen LogP contribution in [0.15, 0.2) is 30.3 Å². The first-order valence-electron chi connectivity index (χ1n) is 8.02. The molecule has 20 heavy (non-hydrogen) atoms. The van der Waals surface area contributed by atoms with Crippen molar-refractivity contribution >= 4 is 5.97 Å². The predicted molar refractivity (Wildman–Crippen MR) is 81.6 cm³/mol. The maximum Gasteiger partial charge on any atom is 0.305 e. The number of hydrogen-bond donors (Lipinski definition) is 0. The van der Waals surface area contributed by atoms with Crippen molar-refractivity contribution in [3.63, 3.8) is 0 Å². The monoisotopic (exact) mass is 274 g/mol. The van der Waals surface area contributed by atoms with Gasteiger partial charge in [-0.15, -0.1) is 0 Å². The van der Waals surface area contributed by atoms with E-state index in [1.165, 1.54) is 37.7 Å². The Hall–Kier alpha value is -1.31. The number of hydrogen-bond acceptors (Lipinski definition) is 2. The molecule has 0 aromatic heterocycles. The number of esters is 1. The highest BCUT2D eigenvalue weighted by molar-refractivity contribution is 5.69. The minimum atomic E-state index is -0.0516. The van der Waals surface area contributed by atoms with E-state index in [1.54, 1.807) is 0 Å². The van der Waals surface area contributed by atoms with Crippen molar-refractivity contribution in [2.45, 2.75) is 57.8 Å². The molecule has 1 aliphatic carbocycles. The summed E-state index contributed by atoms with van der Waals surface area (Å²) in [6, 6.07) is 10.7. The number of benzene rings is 1. The normalized spacial score (nSPS) is 17.6. The van der Waals surface area contributed by atoms with Gasteiger partial charge in [0, 0.05) is 6.42 Å². The maximum absolute atomic E-state index is 11.6. The van der Waals surface area contributed by atoms with Gasteiger partial charge in [0.1, 0.15) is 0 Å². The highest BCUT2D eigenvalue weighted by Gasteiger charge is 2.25. The first kappa shape index (κ1) is 15.1. The first-order valence-corrected chi connectivity index (χ1v) is 8.02. The Morgan fingerprint density at radius 3 is 2.55 bits per heavy atom. The Bertz CT molecular complexity index is 393. The van der Waals surface area contributed by atoms with Crippen LogP contribution in [0.1, 0.15) is 63.4 Å². The summed E-state index contributed by atoms with van der Waals surface area (Å²) in [7, 11) is 0. The minimum Gasteiger partial charge on any atom is -0.466 e. The molecule has 1 aromatic rings. The largest absolute Gasteiger partial charge is 0.466 e. The fraction of sp³-hybridized carbons (Fsp3) is 0.611. The zero-order chi connectivity index (χ0) is 14.2. The van der Waals surface area contributed by atoms with Gasteiger partial charge in [-0.25, -0.2) is 0 Å². The summed E-state index contributed by atoms with van der Waals surface area (Å²) < 4.78 is 5.08. The Kier molecular flexibility index (Phi) is 6.10. The van der Waals surface area contributed by atoms with Gasteiger partial charge >= 0.3 is 5.97 Å². The van der Waals surface area contributed by atoms with Crippen molar-refractivity contribution in [3.8, 4) is 0 Å². The third-order valence-electron chi connectivity index (χ3n) is 4.41. The van der Waals surface area contributed by atoms with Gasteiger partial charge in [0.2, 0.25) is 0 Å². The van der Waals surface area contributed by atoms with Crippen LogP contribution in [-0.4, -0.2) is 12.6 Å². The van der Waals surface area contributed by atoms with Crippen molar-refractivity contribution in [1.29, 1.82) is 0 Å². The first-order chi connectivity index (χ1) is 9.81. The molecule has 2 heteroatoms. The van der Waals surface area contributed by atoms with Gasteiger partial charge in [-0.3, -0.25) is 4.79 Å². The molecule has 110 valence electrons. The second-order valence-corrected chi connectivity index (χ2v) is 5.76. The molecule has 0 spiro atoms. The van der Waals surface area contributed by atoms with Crippen LogP contribution in [0.25, 0.3) is 0 Å². The highest BCUT2D eigenvalue weighted by atomic mass is 16.5. The quantitative estimate of drug-likeness (QED) is 0.703. The van der Waals surface area contributed by atoms with Crippen LogP contribution in [0.5, 0.6) is 0 Å². The van der Waals surface area contributed by atoms with Gasteiger partial charge in [-0.2, -0.15) is 0 Å². The van der Waals surface area contributed by atoms with Crippen LogP contribution in [0, 0.1) is 5.92 Å². The minimum absolute atomic E-state index is 0.0516. The Morgan fingerprint density at radius 2 is 1.90 bits per heavy atom. The third kappa shape index (κ3) is 4.36. The van der Waals surface area contributed by atoms with Gasteiger partial charge < -0.3 is 4.74 Å². The van der Waals surface area contributed by atoms with E-state index in [0.717, 1.165) is 12.3 Å². The molecule has 2 rings (SSSR count). The molecule has 0 bridgehead atoms. The summed E-state index contributed by atoms with van der Waals surface area (Å²) in [5.74, 6) is 1.20. The van der Waals surface area contributed by atoms with Gasteiger partial charge in [0.25, 0.3) is 0 Å². The molecule has 0 N–H and O–H groups in total. The van der Waals surface area contributed by atoms with E-state index in [0.29, 0.717) is 18.9 Å². The fourth-order valence-corrected chi connectivity index (χ4v) is 3.42. The summed E-state index contributed by atoms with van der Waals surface area (Å²) in [6.07, 6.45) is 8.14. The Morgan fingerprint density at radius 1 is 1.20 bits per heavy atom. The van der Waals surface area contributed by atoms with Crippen LogP contribution in [0.4, 0.5) is 0 Å². The molecule has 0 saturated heterocycles. The van der Waals surface area contributed by atoms with E-state index >= 15 is 0 Å². The van der Waals surface area contributed by atoms with Crippen molar-refractivity contribution in [2.24, 2.45) is 5.92 Å². The van der Waals surface area contributed by atoms with Crippen LogP contribution in [0.3, 0.4) is 0 Å². The lowest BCUT2D eigenvalue weighted by molar-refractivity contribution is -0.143. The summed E-state index contributed by atoms with van der Waals surface area (Å²) in [6.45, 7) is 2.35. The van der Waals surface area contributed by atoms with E-state index in [2.05, 4.69) is 30.3 Å². The summed E-state index contributed by atoms with van der Waals surface area (Å²) in [5, 5.41) is 0. The molecule has 0 amide bonds. The van der Waals surface area contributed by atoms with Crippen LogP contribution in [0.2, 0.25) is 0 Å². The summed E-state index contributed by atoms with van der Waals surface area (Å²) in [4.78, 5) is 11.6. The van der Waals surface area contributed by atoms with Crippen molar-refractivity contribution in [2.75, 3.05) is 6.61 Å². The lowest BCUT2D eigenvalue weighted by atomic mass is 9.75. The average Bonchev–Trinajstić information content (AvgIpc) is 2.50. The second kappa shape index (κ2) is 8.08. The van der Waals surface area contributed by atoms with E-state index in [-0.39, 0.29) is 5.97 Å². The standard InChI is InChI=1S/C18H26O2/c1-2-20-18(19)14-13-17(15-9-5-3-6-10-15)16-11-7-4-8-12-16/h3,5-6,9-10,16-17H,2,4,7-8,11-14H2,1H3/t17-/m0/s1. The molecule has 0 unspecified atom stereocenters. The smallest absolute Gasteiger partial charge is 0.305 e. The second-order valence-electron chi connectivity index (χ2n) is 5.76. The van der Waals surface area contributed by atoms with Gasteiger partial charge in [-0.05, 0) is 43.6 Å². The van der Waals surface area contributed by atoms with Crippen LogP contribution in [-0.2, 0) is 9.53 Å². The molecular weight excluding hydrogens is 248 g/mol. The lowest BCUT2D eigenvalue weighted by Gasteiger charge is -2.30. The number of rotatable bonds is 6. The van der Waals surface area contributed by atoms with Crippen LogP contribution < -0.4 is 0 Å². The number of ether oxygens (including phenoxy) is 1. The molecule has 1 aliphatic rings. The highest BCUT2D eigenvalue weighted by Crippen LogP contribution is 2.38. The zero-order valence-corrected chi connectivity index (χ0v) is 12.5. The molecule has 1 atom stereocenters.